The van der Waals surface area contributed by atoms with Gasteiger partial charge in [-0.15, -0.1) is 0 Å². The molecule has 4 rings (SSSR count). The van der Waals surface area contributed by atoms with Crippen LogP contribution < -0.4 is 4.90 Å². The number of ether oxygens (including phenoxy) is 3. The molecule has 0 N–H and O–H groups in total. The second kappa shape index (κ2) is 6.31. The summed E-state index contributed by atoms with van der Waals surface area (Å²) in [7, 11) is 0. The first-order valence-corrected chi connectivity index (χ1v) is 7.87. The first-order valence-electron chi connectivity index (χ1n) is 7.87. The van der Waals surface area contributed by atoms with Gasteiger partial charge < -0.3 is 19.1 Å². The molecular formula is C16H17N3O5. The largest absolute Gasteiger partial charge is 0.378 e. The zero-order valence-corrected chi connectivity index (χ0v) is 13.0. The number of pyridine rings is 1. The van der Waals surface area contributed by atoms with Gasteiger partial charge in [-0.1, -0.05) is 12.1 Å². The summed E-state index contributed by atoms with van der Waals surface area (Å²) in [6, 6.07) is 5.02. The molecule has 0 unspecified atom stereocenters. The van der Waals surface area contributed by atoms with Crippen LogP contribution in [0.4, 0.5) is 11.4 Å². The van der Waals surface area contributed by atoms with E-state index >= 15 is 0 Å². The van der Waals surface area contributed by atoms with Gasteiger partial charge >= 0.3 is 0 Å². The highest BCUT2D eigenvalue weighted by atomic mass is 16.7. The Bertz CT molecular complexity index is 770. The number of rotatable bonds is 3. The Labute approximate surface area is 138 Å². The molecule has 2 fully saturated rings. The summed E-state index contributed by atoms with van der Waals surface area (Å²) in [5.41, 5.74) is 1.40. The van der Waals surface area contributed by atoms with Gasteiger partial charge in [0.1, 0.15) is 5.69 Å². The summed E-state index contributed by atoms with van der Waals surface area (Å²) in [6.07, 6.45) is 1.11. The maximum atomic E-state index is 11.6. The molecule has 0 bridgehead atoms. The van der Waals surface area contributed by atoms with Crippen molar-refractivity contribution in [2.24, 2.45) is 0 Å². The summed E-state index contributed by atoms with van der Waals surface area (Å²) in [5.74, 6) is 0. The molecule has 0 radical (unpaired) electrons. The van der Waals surface area contributed by atoms with E-state index in [0.29, 0.717) is 56.0 Å². The fourth-order valence-electron chi connectivity index (χ4n) is 3.19. The van der Waals surface area contributed by atoms with Gasteiger partial charge in [-0.25, -0.2) is 0 Å². The molecule has 126 valence electrons. The zero-order valence-electron chi connectivity index (χ0n) is 13.0. The molecule has 2 aliphatic rings. The smallest absolute Gasteiger partial charge is 0.279 e. The van der Waals surface area contributed by atoms with Gasteiger partial charge in [0.25, 0.3) is 5.69 Å². The number of aromatic nitrogens is 1. The van der Waals surface area contributed by atoms with Crippen LogP contribution in [0.15, 0.2) is 24.4 Å². The van der Waals surface area contributed by atoms with E-state index in [2.05, 4.69) is 9.88 Å². The van der Waals surface area contributed by atoms with E-state index < -0.39 is 6.29 Å². The van der Waals surface area contributed by atoms with E-state index in [-0.39, 0.29) is 10.6 Å². The lowest BCUT2D eigenvalue weighted by atomic mass is 10.0. The van der Waals surface area contributed by atoms with Crippen molar-refractivity contribution in [2.45, 2.75) is 6.29 Å². The van der Waals surface area contributed by atoms with E-state index in [1.807, 2.05) is 6.07 Å². The fourth-order valence-corrected chi connectivity index (χ4v) is 3.19. The van der Waals surface area contributed by atoms with Crippen LogP contribution in [0, 0.1) is 10.1 Å². The Kier molecular flexibility index (Phi) is 4.01. The molecule has 0 aliphatic carbocycles. The molecule has 2 aromatic rings. The van der Waals surface area contributed by atoms with Crippen LogP contribution >= 0.6 is 0 Å². The van der Waals surface area contributed by atoms with E-state index in [9.17, 15) is 10.1 Å². The Balaban J connectivity index is 1.92. The van der Waals surface area contributed by atoms with Crippen LogP contribution in [0.1, 0.15) is 12.0 Å². The molecule has 1 aromatic heterocycles. The van der Waals surface area contributed by atoms with Crippen molar-refractivity contribution in [3.63, 3.8) is 0 Å². The minimum Gasteiger partial charge on any atom is -0.378 e. The third-order valence-electron chi connectivity index (χ3n) is 4.29. The molecule has 2 saturated heterocycles. The lowest BCUT2D eigenvalue weighted by Crippen LogP contribution is -2.36. The van der Waals surface area contributed by atoms with E-state index in [4.69, 9.17) is 14.2 Å². The summed E-state index contributed by atoms with van der Waals surface area (Å²) in [4.78, 5) is 17.8. The predicted molar refractivity (Wildman–Crippen MR) is 86.1 cm³/mol. The molecule has 1 aromatic carbocycles. The van der Waals surface area contributed by atoms with Gasteiger partial charge in [0.05, 0.1) is 48.6 Å². The topological polar surface area (TPSA) is 87.0 Å². The molecule has 0 amide bonds. The lowest BCUT2D eigenvalue weighted by Gasteiger charge is -2.29. The number of non-ortho nitro benzene ring substituents is 1. The average Bonchev–Trinajstić information content (AvgIpc) is 3.15. The quantitative estimate of drug-likeness (QED) is 0.628. The molecule has 8 heteroatoms. The molecule has 0 saturated carbocycles. The second-order valence-corrected chi connectivity index (χ2v) is 5.66. The third kappa shape index (κ3) is 2.58. The van der Waals surface area contributed by atoms with Gasteiger partial charge in [-0.05, 0) is 0 Å². The van der Waals surface area contributed by atoms with Gasteiger partial charge in [0.15, 0.2) is 0 Å². The number of fused-ring (bicyclic) bond motifs is 1. The van der Waals surface area contributed by atoms with Crippen LogP contribution in [0.3, 0.4) is 0 Å². The molecule has 0 atom stereocenters. The number of morpholine rings is 1. The summed E-state index contributed by atoms with van der Waals surface area (Å²) in [6.45, 7) is 3.54. The maximum Gasteiger partial charge on any atom is 0.279 e. The maximum absolute atomic E-state index is 11.6. The van der Waals surface area contributed by atoms with Crippen molar-refractivity contribution in [1.29, 1.82) is 0 Å². The van der Waals surface area contributed by atoms with E-state index in [1.54, 1.807) is 12.3 Å². The minimum atomic E-state index is -0.576. The highest BCUT2D eigenvalue weighted by molar-refractivity contribution is 6.02. The molecule has 3 heterocycles. The van der Waals surface area contributed by atoms with Gasteiger partial charge in [-0.2, -0.15) is 0 Å². The van der Waals surface area contributed by atoms with Gasteiger partial charge in [0, 0.05) is 24.5 Å². The Hall–Kier alpha value is -2.29. The van der Waals surface area contributed by atoms with Crippen molar-refractivity contribution in [3.8, 4) is 0 Å². The Morgan fingerprint density at radius 1 is 1.17 bits per heavy atom. The number of hydrogen-bond acceptors (Lipinski definition) is 7. The SMILES string of the molecule is O=[N+]([O-])c1cccc2c(C3OCCO3)ncc(N3CCOCC3)c12. The average molecular weight is 331 g/mol. The molecule has 24 heavy (non-hydrogen) atoms. The fraction of sp³-hybridized carbons (Fsp3) is 0.438. The summed E-state index contributed by atoms with van der Waals surface area (Å²) < 4.78 is 16.5. The number of nitrogens with zero attached hydrogens (tertiary/aromatic N) is 3. The number of nitro groups is 1. The number of anilines is 1. The molecule has 0 spiro atoms. The lowest BCUT2D eigenvalue weighted by molar-refractivity contribution is -0.383. The highest BCUT2D eigenvalue weighted by Crippen LogP contribution is 2.38. The number of benzene rings is 1. The Morgan fingerprint density at radius 2 is 1.92 bits per heavy atom. The normalized spacial score (nSPS) is 19.1. The molecule has 2 aliphatic heterocycles. The van der Waals surface area contributed by atoms with Crippen molar-refractivity contribution >= 4 is 22.1 Å². The highest BCUT2D eigenvalue weighted by Gasteiger charge is 2.27. The predicted octanol–water partition coefficient (Wildman–Crippen LogP) is 2.02. The first-order chi connectivity index (χ1) is 11.8. The van der Waals surface area contributed by atoms with Crippen LogP contribution in [-0.4, -0.2) is 49.4 Å². The first kappa shape index (κ1) is 15.3. The van der Waals surface area contributed by atoms with E-state index in [0.717, 1.165) is 5.69 Å². The van der Waals surface area contributed by atoms with Crippen molar-refractivity contribution in [3.05, 3.63) is 40.2 Å². The summed E-state index contributed by atoms with van der Waals surface area (Å²) in [5, 5.41) is 12.8. The number of nitro benzene ring substituents is 1. The van der Waals surface area contributed by atoms with Crippen LogP contribution in [-0.2, 0) is 14.2 Å². The molecular weight excluding hydrogens is 314 g/mol. The van der Waals surface area contributed by atoms with Crippen molar-refractivity contribution < 1.29 is 19.1 Å². The second-order valence-electron chi connectivity index (χ2n) is 5.66. The number of hydrogen-bond donors (Lipinski definition) is 0. The summed E-state index contributed by atoms with van der Waals surface area (Å²) >= 11 is 0. The Morgan fingerprint density at radius 3 is 2.62 bits per heavy atom. The van der Waals surface area contributed by atoms with Crippen molar-refractivity contribution in [1.82, 2.24) is 4.98 Å². The minimum absolute atomic E-state index is 0.0654. The van der Waals surface area contributed by atoms with E-state index in [1.165, 1.54) is 6.07 Å². The standard InChI is InChI=1S/C16H17N3O5/c20-19(21)12-3-1-2-11-14(12)13(18-4-6-22-7-5-18)10-17-15(11)16-23-8-9-24-16/h1-3,10,16H,4-9H2. The van der Waals surface area contributed by atoms with Crippen LogP contribution in [0.5, 0.6) is 0 Å². The molecule has 8 nitrogen and oxygen atoms in total. The third-order valence-corrected chi connectivity index (χ3v) is 4.29. The zero-order chi connectivity index (χ0) is 16.5. The van der Waals surface area contributed by atoms with Crippen molar-refractivity contribution in [2.75, 3.05) is 44.4 Å². The van der Waals surface area contributed by atoms with Crippen LogP contribution in [0.25, 0.3) is 10.8 Å². The van der Waals surface area contributed by atoms with Gasteiger partial charge in [0.2, 0.25) is 6.29 Å². The monoisotopic (exact) mass is 331 g/mol. The van der Waals surface area contributed by atoms with Crippen LogP contribution in [0.2, 0.25) is 0 Å². The van der Waals surface area contributed by atoms with Gasteiger partial charge in [-0.3, -0.25) is 15.1 Å².